The number of carboxylic acids is 1. The number of carbonyl (C=O) groups excluding carboxylic acids is 1. The van der Waals surface area contributed by atoms with Gasteiger partial charge in [-0.2, -0.15) is 0 Å². The van der Waals surface area contributed by atoms with Crippen LogP contribution in [-0.4, -0.2) is 28.5 Å². The summed E-state index contributed by atoms with van der Waals surface area (Å²) in [6, 6.07) is 0. The lowest BCUT2D eigenvalue weighted by molar-refractivity contribution is -0.142. The Hall–Kier alpha value is -1.63. The highest BCUT2D eigenvalue weighted by atomic mass is 32.1. The number of amides is 1. The average Bonchev–Trinajstić information content (AvgIpc) is 2.73. The number of nitrogens with one attached hydrogen (secondary N) is 1. The number of thiazole rings is 1. The maximum atomic E-state index is 11.1. The maximum Gasteiger partial charge on any atom is 0.315 e. The second kappa shape index (κ2) is 5.81. The number of carbonyl (C=O) groups is 2. The van der Waals surface area contributed by atoms with E-state index >= 15 is 0 Å². The van der Waals surface area contributed by atoms with Crippen LogP contribution in [0.3, 0.4) is 0 Å². The van der Waals surface area contributed by atoms with Crippen LogP contribution in [0.4, 0.5) is 5.13 Å². The molecule has 0 saturated carbocycles. The van der Waals surface area contributed by atoms with Crippen molar-refractivity contribution in [2.24, 2.45) is 5.73 Å². The maximum absolute atomic E-state index is 11.1. The molecule has 18 heavy (non-hydrogen) atoms. The van der Waals surface area contributed by atoms with Crippen molar-refractivity contribution >= 4 is 28.3 Å². The van der Waals surface area contributed by atoms with Gasteiger partial charge in [0.1, 0.15) is 5.41 Å². The molecule has 6 nitrogen and oxygen atoms in total. The minimum Gasteiger partial charge on any atom is -0.481 e. The van der Waals surface area contributed by atoms with Crippen LogP contribution in [0.2, 0.25) is 0 Å². The van der Waals surface area contributed by atoms with Crippen LogP contribution in [0.25, 0.3) is 0 Å². The Kier molecular flexibility index (Phi) is 4.66. The molecule has 1 rings (SSSR count). The van der Waals surface area contributed by atoms with Crippen molar-refractivity contribution in [2.45, 2.75) is 32.1 Å². The number of rotatable bonds is 7. The summed E-state index contributed by atoms with van der Waals surface area (Å²) in [5.41, 5.74) is 4.55. The minimum atomic E-state index is -0.996. The third-order valence-corrected chi connectivity index (χ3v) is 3.36. The lowest BCUT2D eigenvalue weighted by Gasteiger charge is -2.15. The highest BCUT2D eigenvalue weighted by molar-refractivity contribution is 7.13. The van der Waals surface area contributed by atoms with Gasteiger partial charge in [0, 0.05) is 18.3 Å². The summed E-state index contributed by atoms with van der Waals surface area (Å²) in [6.07, 6.45) is 0.957. The summed E-state index contributed by atoms with van der Waals surface area (Å²) in [5, 5.41) is 14.5. The molecule has 7 heteroatoms. The minimum absolute atomic E-state index is 0.325. The van der Waals surface area contributed by atoms with Gasteiger partial charge in [0.25, 0.3) is 0 Å². The van der Waals surface area contributed by atoms with Crippen molar-refractivity contribution in [1.82, 2.24) is 4.98 Å². The standard InChI is InChI=1S/C11H17N3O3S/c1-11(2,9(16)17)7-6-18-10(14-7)13-5-3-4-8(12)15/h6H,3-5H2,1-2H3,(H2,12,15)(H,13,14)(H,16,17). The molecule has 0 saturated heterocycles. The van der Waals surface area contributed by atoms with E-state index in [4.69, 9.17) is 10.8 Å². The summed E-state index contributed by atoms with van der Waals surface area (Å²) in [6.45, 7) is 3.81. The highest BCUT2D eigenvalue weighted by Crippen LogP contribution is 2.27. The average molecular weight is 271 g/mol. The van der Waals surface area contributed by atoms with Crippen molar-refractivity contribution in [2.75, 3.05) is 11.9 Å². The molecule has 0 aliphatic carbocycles. The monoisotopic (exact) mass is 271 g/mol. The molecule has 100 valence electrons. The van der Waals surface area contributed by atoms with Gasteiger partial charge in [0.15, 0.2) is 5.13 Å². The number of primary amides is 1. The second-order valence-corrected chi connectivity index (χ2v) is 5.32. The van der Waals surface area contributed by atoms with Gasteiger partial charge in [-0.3, -0.25) is 9.59 Å². The predicted octanol–water partition coefficient (Wildman–Crippen LogP) is 1.18. The lowest BCUT2D eigenvalue weighted by atomic mass is 9.90. The molecule has 4 N–H and O–H groups in total. The molecule has 0 aliphatic rings. The van der Waals surface area contributed by atoms with Crippen LogP contribution in [0.1, 0.15) is 32.4 Å². The molecule has 0 aliphatic heterocycles. The second-order valence-electron chi connectivity index (χ2n) is 4.46. The molecule has 1 heterocycles. The number of hydrogen-bond donors (Lipinski definition) is 3. The molecule has 0 radical (unpaired) electrons. The number of nitrogens with zero attached hydrogens (tertiary/aromatic N) is 1. The molecule has 1 amide bonds. The Morgan fingerprint density at radius 2 is 2.22 bits per heavy atom. The first kappa shape index (κ1) is 14.4. The third-order valence-electron chi connectivity index (χ3n) is 2.56. The van der Waals surface area contributed by atoms with E-state index in [1.54, 1.807) is 19.2 Å². The zero-order valence-corrected chi connectivity index (χ0v) is 11.2. The molecule has 0 spiro atoms. The Morgan fingerprint density at radius 3 is 2.78 bits per heavy atom. The summed E-state index contributed by atoms with van der Waals surface area (Å²) >= 11 is 1.35. The largest absolute Gasteiger partial charge is 0.481 e. The number of nitrogens with two attached hydrogens (primary N) is 1. The van der Waals surface area contributed by atoms with Gasteiger partial charge in [-0.15, -0.1) is 11.3 Å². The van der Waals surface area contributed by atoms with E-state index < -0.39 is 11.4 Å². The fourth-order valence-electron chi connectivity index (χ4n) is 1.21. The van der Waals surface area contributed by atoms with Crippen LogP contribution in [0.15, 0.2) is 5.38 Å². The van der Waals surface area contributed by atoms with E-state index in [2.05, 4.69) is 10.3 Å². The SMILES string of the molecule is CC(C)(C(=O)O)c1csc(NCCCC(N)=O)n1. The first-order chi connectivity index (χ1) is 8.34. The Labute approximate surface area is 109 Å². The molecule has 0 unspecified atom stereocenters. The lowest BCUT2D eigenvalue weighted by Crippen LogP contribution is -2.28. The summed E-state index contributed by atoms with van der Waals surface area (Å²) in [4.78, 5) is 25.8. The summed E-state index contributed by atoms with van der Waals surface area (Å²) in [7, 11) is 0. The first-order valence-electron chi connectivity index (χ1n) is 5.55. The number of carboxylic acid groups (broad SMARTS) is 1. The van der Waals surface area contributed by atoms with E-state index in [9.17, 15) is 9.59 Å². The van der Waals surface area contributed by atoms with Crippen molar-refractivity contribution in [1.29, 1.82) is 0 Å². The molecule has 1 aromatic heterocycles. The summed E-state index contributed by atoms with van der Waals surface area (Å²) < 4.78 is 0. The molecular formula is C11H17N3O3S. The number of hydrogen-bond acceptors (Lipinski definition) is 5. The van der Waals surface area contributed by atoms with E-state index in [1.165, 1.54) is 11.3 Å². The Bertz CT molecular complexity index is 442. The van der Waals surface area contributed by atoms with Gasteiger partial charge in [-0.1, -0.05) is 0 Å². The van der Waals surface area contributed by atoms with E-state index in [-0.39, 0.29) is 5.91 Å². The van der Waals surface area contributed by atoms with Crippen molar-refractivity contribution in [3.05, 3.63) is 11.1 Å². The van der Waals surface area contributed by atoms with Crippen LogP contribution in [0.5, 0.6) is 0 Å². The van der Waals surface area contributed by atoms with Crippen LogP contribution < -0.4 is 11.1 Å². The molecule has 0 aromatic carbocycles. The van der Waals surface area contributed by atoms with Crippen LogP contribution in [0, 0.1) is 0 Å². The van der Waals surface area contributed by atoms with Gasteiger partial charge < -0.3 is 16.2 Å². The van der Waals surface area contributed by atoms with E-state index in [0.717, 1.165) is 0 Å². The fourth-order valence-corrected chi connectivity index (χ4v) is 2.12. The van der Waals surface area contributed by atoms with Crippen molar-refractivity contribution in [3.8, 4) is 0 Å². The number of aromatic nitrogens is 1. The Balaban J connectivity index is 2.54. The van der Waals surface area contributed by atoms with Gasteiger partial charge in [-0.05, 0) is 20.3 Å². The molecule has 1 aromatic rings. The zero-order valence-electron chi connectivity index (χ0n) is 10.4. The Morgan fingerprint density at radius 1 is 1.56 bits per heavy atom. The predicted molar refractivity (Wildman–Crippen MR) is 69.7 cm³/mol. The van der Waals surface area contributed by atoms with E-state index in [0.29, 0.717) is 30.2 Å². The number of aliphatic carboxylic acids is 1. The summed E-state index contributed by atoms with van der Waals surface area (Å²) in [5.74, 6) is -1.24. The van der Waals surface area contributed by atoms with Gasteiger partial charge in [-0.25, -0.2) is 4.98 Å². The normalized spacial score (nSPS) is 11.2. The van der Waals surface area contributed by atoms with Crippen LogP contribution in [-0.2, 0) is 15.0 Å². The van der Waals surface area contributed by atoms with Crippen molar-refractivity contribution in [3.63, 3.8) is 0 Å². The quantitative estimate of drug-likeness (QED) is 0.646. The van der Waals surface area contributed by atoms with Crippen LogP contribution >= 0.6 is 11.3 Å². The van der Waals surface area contributed by atoms with Gasteiger partial charge in [0.2, 0.25) is 5.91 Å². The smallest absolute Gasteiger partial charge is 0.315 e. The fraction of sp³-hybridized carbons (Fsp3) is 0.545. The molecule has 0 atom stereocenters. The first-order valence-corrected chi connectivity index (χ1v) is 6.43. The van der Waals surface area contributed by atoms with Crippen molar-refractivity contribution < 1.29 is 14.7 Å². The number of anilines is 1. The highest BCUT2D eigenvalue weighted by Gasteiger charge is 2.32. The zero-order chi connectivity index (χ0) is 13.8. The molecule has 0 fully saturated rings. The van der Waals surface area contributed by atoms with E-state index in [1.807, 2.05) is 0 Å². The molecule has 0 bridgehead atoms. The van der Waals surface area contributed by atoms with Gasteiger partial charge >= 0.3 is 5.97 Å². The molecular weight excluding hydrogens is 254 g/mol. The third kappa shape index (κ3) is 3.69. The van der Waals surface area contributed by atoms with Gasteiger partial charge in [0.05, 0.1) is 5.69 Å². The topological polar surface area (TPSA) is 105 Å².